The van der Waals surface area contributed by atoms with E-state index in [9.17, 15) is 10.1 Å². The van der Waals surface area contributed by atoms with Crippen LogP contribution in [0, 0.1) is 11.3 Å². The highest BCUT2D eigenvalue weighted by molar-refractivity contribution is 8.00. The van der Waals surface area contributed by atoms with E-state index >= 15 is 0 Å². The lowest BCUT2D eigenvalue weighted by molar-refractivity contribution is -0.115. The molecule has 0 spiro atoms. The highest BCUT2D eigenvalue weighted by atomic mass is 32.2. The topological polar surface area (TPSA) is 65.8 Å². The van der Waals surface area contributed by atoms with Crippen LogP contribution in [0.1, 0.15) is 63.3 Å². The number of nitriles is 1. The number of carbonyl (C=O) groups is 1. The standard InChI is InChI=1S/C22H27N3OS/c1-5-6-7-19-13-10-18(14-23)22(25-19)27-16(4)21(26)24-20-11-8-17(9-12-20)15(2)3/h8-13,15-16H,5-7H2,1-4H3,(H,24,26). The molecule has 1 aromatic heterocycles. The van der Waals surface area contributed by atoms with Crippen LogP contribution in [0.5, 0.6) is 0 Å². The molecule has 1 aromatic carbocycles. The molecule has 1 N–H and O–H groups in total. The molecular formula is C22H27N3OS. The number of aromatic nitrogens is 1. The van der Waals surface area contributed by atoms with Crippen molar-refractivity contribution in [3.05, 3.63) is 53.2 Å². The zero-order valence-corrected chi connectivity index (χ0v) is 17.3. The summed E-state index contributed by atoms with van der Waals surface area (Å²) in [5, 5.41) is 12.6. The number of unbranched alkanes of at least 4 members (excludes halogenated alkanes) is 1. The summed E-state index contributed by atoms with van der Waals surface area (Å²) in [6.07, 6.45) is 3.04. The molecule has 0 saturated carbocycles. The van der Waals surface area contributed by atoms with Crippen LogP contribution in [0.2, 0.25) is 0 Å². The number of benzene rings is 1. The average molecular weight is 382 g/mol. The third-order valence-corrected chi connectivity index (χ3v) is 5.43. The predicted molar refractivity (Wildman–Crippen MR) is 112 cm³/mol. The van der Waals surface area contributed by atoms with E-state index in [2.05, 4.69) is 37.1 Å². The largest absolute Gasteiger partial charge is 0.325 e. The number of nitrogens with zero attached hydrogens (tertiary/aromatic N) is 2. The number of hydrogen-bond acceptors (Lipinski definition) is 4. The Hall–Kier alpha value is -2.32. The fraction of sp³-hybridized carbons (Fsp3) is 0.409. The van der Waals surface area contributed by atoms with E-state index < -0.39 is 0 Å². The Kier molecular flexibility index (Phi) is 7.87. The van der Waals surface area contributed by atoms with Crippen LogP contribution >= 0.6 is 11.8 Å². The lowest BCUT2D eigenvalue weighted by atomic mass is 10.0. The number of rotatable bonds is 8. The summed E-state index contributed by atoms with van der Waals surface area (Å²) in [6.45, 7) is 8.25. The van der Waals surface area contributed by atoms with Crippen LogP contribution < -0.4 is 5.32 Å². The van der Waals surface area contributed by atoms with Gasteiger partial charge < -0.3 is 5.32 Å². The normalized spacial score (nSPS) is 11.9. The van der Waals surface area contributed by atoms with Gasteiger partial charge in [-0.1, -0.05) is 51.1 Å². The molecule has 0 fully saturated rings. The molecule has 2 rings (SSSR count). The summed E-state index contributed by atoms with van der Waals surface area (Å²) in [6, 6.07) is 13.8. The van der Waals surface area contributed by atoms with Gasteiger partial charge >= 0.3 is 0 Å². The van der Waals surface area contributed by atoms with Gasteiger partial charge in [-0.05, 0) is 55.5 Å². The van der Waals surface area contributed by atoms with Crippen LogP contribution in [0.3, 0.4) is 0 Å². The third kappa shape index (κ3) is 6.11. The third-order valence-electron chi connectivity index (χ3n) is 4.33. The highest BCUT2D eigenvalue weighted by Crippen LogP contribution is 2.26. The quantitative estimate of drug-likeness (QED) is 0.610. The van der Waals surface area contributed by atoms with Crippen molar-refractivity contribution in [2.45, 2.75) is 63.2 Å². The van der Waals surface area contributed by atoms with E-state index in [-0.39, 0.29) is 11.2 Å². The van der Waals surface area contributed by atoms with E-state index in [1.807, 2.05) is 37.3 Å². The Balaban J connectivity index is 2.05. The number of anilines is 1. The van der Waals surface area contributed by atoms with Crippen molar-refractivity contribution >= 4 is 23.4 Å². The summed E-state index contributed by atoms with van der Waals surface area (Å²) in [7, 11) is 0. The van der Waals surface area contributed by atoms with E-state index in [1.165, 1.54) is 17.3 Å². The minimum Gasteiger partial charge on any atom is -0.325 e. The van der Waals surface area contributed by atoms with Gasteiger partial charge in [-0.15, -0.1) is 0 Å². The molecule has 0 saturated heterocycles. The van der Waals surface area contributed by atoms with Crippen molar-refractivity contribution in [1.29, 1.82) is 5.26 Å². The fourth-order valence-electron chi connectivity index (χ4n) is 2.57. The summed E-state index contributed by atoms with van der Waals surface area (Å²) >= 11 is 1.33. The second-order valence-electron chi connectivity index (χ2n) is 6.90. The van der Waals surface area contributed by atoms with Crippen LogP contribution in [0.4, 0.5) is 5.69 Å². The molecule has 1 amide bonds. The molecule has 0 aliphatic rings. The molecule has 27 heavy (non-hydrogen) atoms. The number of thioether (sulfide) groups is 1. The first kappa shape index (κ1) is 21.0. The second kappa shape index (κ2) is 10.1. The Morgan fingerprint density at radius 1 is 1.19 bits per heavy atom. The van der Waals surface area contributed by atoms with Crippen molar-refractivity contribution in [3.63, 3.8) is 0 Å². The molecule has 1 atom stereocenters. The molecule has 1 unspecified atom stereocenters. The van der Waals surface area contributed by atoms with E-state index in [0.717, 1.165) is 30.6 Å². The van der Waals surface area contributed by atoms with Gasteiger partial charge in [0.2, 0.25) is 5.91 Å². The number of aryl methyl sites for hydroxylation is 1. The van der Waals surface area contributed by atoms with Crippen molar-refractivity contribution < 1.29 is 4.79 Å². The summed E-state index contributed by atoms with van der Waals surface area (Å²) in [4.78, 5) is 17.2. The Bertz CT molecular complexity index is 809. The summed E-state index contributed by atoms with van der Waals surface area (Å²) < 4.78 is 0. The van der Waals surface area contributed by atoms with Gasteiger partial charge in [-0.2, -0.15) is 5.26 Å². The minimum absolute atomic E-state index is 0.0954. The van der Waals surface area contributed by atoms with Gasteiger partial charge in [-0.3, -0.25) is 4.79 Å². The van der Waals surface area contributed by atoms with Crippen molar-refractivity contribution in [1.82, 2.24) is 4.98 Å². The molecule has 142 valence electrons. The first-order valence-electron chi connectivity index (χ1n) is 9.42. The Morgan fingerprint density at radius 2 is 1.89 bits per heavy atom. The number of pyridine rings is 1. The Morgan fingerprint density at radius 3 is 2.48 bits per heavy atom. The van der Waals surface area contributed by atoms with Crippen LogP contribution in [-0.4, -0.2) is 16.1 Å². The zero-order chi connectivity index (χ0) is 19.8. The smallest absolute Gasteiger partial charge is 0.237 e. The molecule has 0 aliphatic heterocycles. The van der Waals surface area contributed by atoms with Gasteiger partial charge in [-0.25, -0.2) is 4.98 Å². The van der Waals surface area contributed by atoms with Gasteiger partial charge in [0, 0.05) is 11.4 Å². The van der Waals surface area contributed by atoms with E-state index in [0.29, 0.717) is 16.5 Å². The zero-order valence-electron chi connectivity index (χ0n) is 16.5. The number of carbonyl (C=O) groups excluding carboxylic acids is 1. The van der Waals surface area contributed by atoms with Gasteiger partial charge in [0.1, 0.15) is 11.1 Å². The van der Waals surface area contributed by atoms with Crippen molar-refractivity contribution in [2.24, 2.45) is 0 Å². The molecular weight excluding hydrogens is 354 g/mol. The van der Waals surface area contributed by atoms with Crippen LogP contribution in [-0.2, 0) is 11.2 Å². The molecule has 0 bridgehead atoms. The average Bonchev–Trinajstić information content (AvgIpc) is 2.66. The first-order chi connectivity index (χ1) is 12.9. The summed E-state index contributed by atoms with van der Waals surface area (Å²) in [5.74, 6) is 0.363. The summed E-state index contributed by atoms with van der Waals surface area (Å²) in [5.41, 5.74) is 3.50. The van der Waals surface area contributed by atoms with Crippen molar-refractivity contribution in [2.75, 3.05) is 5.32 Å². The van der Waals surface area contributed by atoms with Gasteiger partial charge in [0.25, 0.3) is 0 Å². The lowest BCUT2D eigenvalue weighted by Gasteiger charge is -2.14. The number of hydrogen-bond donors (Lipinski definition) is 1. The van der Waals surface area contributed by atoms with E-state index in [1.54, 1.807) is 6.07 Å². The van der Waals surface area contributed by atoms with E-state index in [4.69, 9.17) is 0 Å². The maximum absolute atomic E-state index is 12.5. The second-order valence-corrected chi connectivity index (χ2v) is 8.23. The molecule has 0 aliphatic carbocycles. The minimum atomic E-state index is -0.351. The molecule has 2 aromatic rings. The fourth-order valence-corrected chi connectivity index (χ4v) is 3.48. The molecule has 1 heterocycles. The van der Waals surface area contributed by atoms with Crippen LogP contribution in [0.25, 0.3) is 0 Å². The lowest BCUT2D eigenvalue weighted by Crippen LogP contribution is -2.22. The van der Waals surface area contributed by atoms with Crippen LogP contribution in [0.15, 0.2) is 41.4 Å². The maximum Gasteiger partial charge on any atom is 0.237 e. The Labute approximate surface area is 166 Å². The predicted octanol–water partition coefficient (Wildman–Crippen LogP) is 5.54. The molecule has 5 heteroatoms. The number of amides is 1. The molecule has 4 nitrogen and oxygen atoms in total. The SMILES string of the molecule is CCCCc1ccc(C#N)c(SC(C)C(=O)Nc2ccc(C(C)C)cc2)n1. The van der Waals surface area contributed by atoms with Crippen molar-refractivity contribution in [3.8, 4) is 6.07 Å². The maximum atomic E-state index is 12.5. The first-order valence-corrected chi connectivity index (χ1v) is 10.3. The van der Waals surface area contributed by atoms with Gasteiger partial charge in [0.15, 0.2) is 0 Å². The highest BCUT2D eigenvalue weighted by Gasteiger charge is 2.18. The number of nitrogens with one attached hydrogen (secondary N) is 1. The van der Waals surface area contributed by atoms with Gasteiger partial charge in [0.05, 0.1) is 10.8 Å². The monoisotopic (exact) mass is 381 g/mol. The molecule has 0 radical (unpaired) electrons.